The number of unbranched alkanes of at least 4 members (excludes halogenated alkanes) is 1. The molecule has 0 fully saturated rings. The van der Waals surface area contributed by atoms with Gasteiger partial charge in [0.1, 0.15) is 6.17 Å². The molecule has 6 nitrogen and oxygen atoms in total. The molecule has 1 aliphatic heterocycles. The van der Waals surface area contributed by atoms with Crippen LogP contribution in [0.1, 0.15) is 66.3 Å². The van der Waals surface area contributed by atoms with Crippen molar-refractivity contribution in [3.8, 4) is 5.75 Å². The van der Waals surface area contributed by atoms with Gasteiger partial charge in [-0.3, -0.25) is 19.3 Å². The molecule has 33 heavy (non-hydrogen) atoms. The largest absolute Gasteiger partial charge is 0.502 e. The van der Waals surface area contributed by atoms with Crippen LogP contribution in [-0.4, -0.2) is 33.8 Å². The number of fused-ring (bicyclic) bond motifs is 1. The third kappa shape index (κ3) is 4.01. The zero-order valence-corrected chi connectivity index (χ0v) is 19.4. The average molecular weight is 446 g/mol. The van der Waals surface area contributed by atoms with Crippen LogP contribution in [0.25, 0.3) is 0 Å². The molecule has 1 amide bonds. The van der Waals surface area contributed by atoms with E-state index in [0.717, 1.165) is 30.4 Å². The third-order valence-electron chi connectivity index (χ3n) is 6.47. The van der Waals surface area contributed by atoms with Crippen molar-refractivity contribution in [1.29, 1.82) is 0 Å². The van der Waals surface area contributed by atoms with Crippen LogP contribution >= 0.6 is 0 Å². The predicted octanol–water partition coefficient (Wildman–Crippen LogP) is 4.45. The smallest absolute Gasteiger partial charge is 0.277 e. The SMILES string of the molecule is CCCCc1ccccc1[C@@H](c1ccccc1)N1[C@@H](CC)N(C)C(=O)c2c(O)c(=O)ccn21. The van der Waals surface area contributed by atoms with Crippen molar-refractivity contribution in [3.05, 3.63) is 99.5 Å². The monoisotopic (exact) mass is 445 g/mol. The Bertz CT molecular complexity index is 1190. The number of aromatic nitrogens is 1. The number of carbonyl (C=O) groups is 1. The van der Waals surface area contributed by atoms with E-state index in [1.165, 1.54) is 11.6 Å². The Morgan fingerprint density at radius 3 is 2.36 bits per heavy atom. The number of aromatic hydroxyl groups is 1. The molecule has 0 saturated heterocycles. The highest BCUT2D eigenvalue weighted by molar-refractivity contribution is 5.96. The quantitative estimate of drug-likeness (QED) is 0.584. The Morgan fingerprint density at radius 1 is 0.970 bits per heavy atom. The lowest BCUT2D eigenvalue weighted by Gasteiger charge is -2.49. The van der Waals surface area contributed by atoms with Crippen LogP contribution in [0.4, 0.5) is 0 Å². The Hall–Kier alpha value is -3.54. The van der Waals surface area contributed by atoms with Gasteiger partial charge in [-0.1, -0.05) is 74.9 Å². The van der Waals surface area contributed by atoms with Crippen LogP contribution < -0.4 is 10.4 Å². The van der Waals surface area contributed by atoms with Gasteiger partial charge in [-0.05, 0) is 36.0 Å². The summed E-state index contributed by atoms with van der Waals surface area (Å²) in [5, 5.41) is 12.7. The van der Waals surface area contributed by atoms with E-state index in [1.807, 2.05) is 31.2 Å². The molecule has 1 aliphatic rings. The van der Waals surface area contributed by atoms with Crippen molar-refractivity contribution in [2.24, 2.45) is 0 Å². The number of carbonyl (C=O) groups excluding carboxylic acids is 1. The van der Waals surface area contributed by atoms with E-state index in [0.29, 0.717) is 6.42 Å². The number of benzene rings is 2. The van der Waals surface area contributed by atoms with Gasteiger partial charge in [-0.2, -0.15) is 0 Å². The maximum atomic E-state index is 13.2. The summed E-state index contributed by atoms with van der Waals surface area (Å²) in [7, 11) is 1.73. The van der Waals surface area contributed by atoms with E-state index in [1.54, 1.807) is 22.8 Å². The van der Waals surface area contributed by atoms with Crippen molar-refractivity contribution < 1.29 is 9.90 Å². The first kappa shape index (κ1) is 22.6. The van der Waals surface area contributed by atoms with Crippen molar-refractivity contribution >= 4 is 5.91 Å². The van der Waals surface area contributed by atoms with Crippen LogP contribution in [0.2, 0.25) is 0 Å². The fourth-order valence-corrected chi connectivity index (χ4v) is 4.80. The van der Waals surface area contributed by atoms with Gasteiger partial charge in [0.05, 0.1) is 6.04 Å². The summed E-state index contributed by atoms with van der Waals surface area (Å²) in [4.78, 5) is 27.0. The lowest BCUT2D eigenvalue weighted by atomic mass is 9.91. The van der Waals surface area contributed by atoms with E-state index in [4.69, 9.17) is 0 Å². The van der Waals surface area contributed by atoms with Gasteiger partial charge < -0.3 is 10.0 Å². The maximum Gasteiger partial charge on any atom is 0.277 e. The first-order valence-corrected chi connectivity index (χ1v) is 11.6. The molecule has 2 heterocycles. The van der Waals surface area contributed by atoms with Crippen LogP contribution in [0, 0.1) is 0 Å². The standard InChI is InChI=1S/C27H31N3O3/c1-4-6-12-19-13-10-11-16-21(19)24(20-14-8-7-9-15-20)30-23(5-2)28(3)27(33)25-26(32)22(31)17-18-29(25)30/h7-11,13-18,23-24,32H,4-6,12H2,1-3H3/t23-,24+/m0/s1. The number of aryl methyl sites for hydroxylation is 1. The second kappa shape index (κ2) is 9.53. The van der Waals surface area contributed by atoms with Crippen molar-refractivity contribution in [2.75, 3.05) is 12.1 Å². The molecule has 4 rings (SSSR count). The molecule has 0 radical (unpaired) electrons. The van der Waals surface area contributed by atoms with Gasteiger partial charge >= 0.3 is 0 Å². The summed E-state index contributed by atoms with van der Waals surface area (Å²) >= 11 is 0. The van der Waals surface area contributed by atoms with Crippen molar-refractivity contribution in [3.63, 3.8) is 0 Å². The van der Waals surface area contributed by atoms with Gasteiger partial charge in [0.25, 0.3) is 5.91 Å². The molecule has 2 aromatic carbocycles. The van der Waals surface area contributed by atoms with Crippen LogP contribution in [0.3, 0.4) is 0 Å². The molecule has 0 unspecified atom stereocenters. The van der Waals surface area contributed by atoms with Crippen molar-refractivity contribution in [1.82, 2.24) is 9.58 Å². The summed E-state index contributed by atoms with van der Waals surface area (Å²) in [6.07, 6.45) is 5.15. The number of hydrogen-bond acceptors (Lipinski definition) is 4. The predicted molar refractivity (Wildman–Crippen MR) is 130 cm³/mol. The van der Waals surface area contributed by atoms with E-state index in [9.17, 15) is 14.7 Å². The normalized spacial score (nSPS) is 16.6. The lowest BCUT2D eigenvalue weighted by molar-refractivity contribution is 0.0612. The molecule has 0 saturated carbocycles. The van der Waals surface area contributed by atoms with Gasteiger partial charge in [0, 0.05) is 19.3 Å². The van der Waals surface area contributed by atoms with Crippen LogP contribution in [0.5, 0.6) is 5.75 Å². The minimum absolute atomic E-state index is 0.00155. The molecular formula is C27H31N3O3. The molecule has 6 heteroatoms. The van der Waals surface area contributed by atoms with Gasteiger partial charge in [-0.15, -0.1) is 0 Å². The highest BCUT2D eigenvalue weighted by atomic mass is 16.3. The molecule has 1 N–H and O–H groups in total. The average Bonchev–Trinajstić information content (AvgIpc) is 2.84. The number of pyridine rings is 1. The molecule has 172 valence electrons. The minimum atomic E-state index is -0.558. The summed E-state index contributed by atoms with van der Waals surface area (Å²) < 4.78 is 1.68. The maximum absolute atomic E-state index is 13.2. The van der Waals surface area contributed by atoms with Crippen molar-refractivity contribution in [2.45, 2.75) is 51.7 Å². The zero-order chi connectivity index (χ0) is 23.5. The van der Waals surface area contributed by atoms with Crippen LogP contribution in [0.15, 0.2) is 71.7 Å². The molecule has 3 aromatic rings. The fourth-order valence-electron chi connectivity index (χ4n) is 4.80. The summed E-state index contributed by atoms with van der Waals surface area (Å²) in [6.45, 7) is 4.23. The number of hydrogen-bond donors (Lipinski definition) is 1. The zero-order valence-electron chi connectivity index (χ0n) is 19.4. The van der Waals surface area contributed by atoms with Crippen LogP contribution in [-0.2, 0) is 6.42 Å². The van der Waals surface area contributed by atoms with E-state index < -0.39 is 11.2 Å². The Morgan fingerprint density at radius 2 is 1.67 bits per heavy atom. The number of rotatable bonds is 7. The Labute approximate surface area is 194 Å². The number of amides is 1. The lowest BCUT2D eigenvalue weighted by Crippen LogP contribution is -2.61. The van der Waals surface area contributed by atoms with Gasteiger partial charge in [-0.25, -0.2) is 0 Å². The Kier molecular flexibility index (Phi) is 6.54. The molecule has 0 aliphatic carbocycles. The molecule has 0 spiro atoms. The minimum Gasteiger partial charge on any atom is -0.502 e. The first-order valence-electron chi connectivity index (χ1n) is 11.6. The molecule has 2 atom stereocenters. The third-order valence-corrected chi connectivity index (χ3v) is 6.47. The molecular weight excluding hydrogens is 414 g/mol. The van der Waals surface area contributed by atoms with Gasteiger partial charge in [0.15, 0.2) is 11.4 Å². The van der Waals surface area contributed by atoms with E-state index in [2.05, 4.69) is 42.3 Å². The fraction of sp³-hybridized carbons (Fsp3) is 0.333. The second-order valence-electron chi connectivity index (χ2n) is 8.52. The highest BCUT2D eigenvalue weighted by Gasteiger charge is 2.41. The second-order valence-corrected chi connectivity index (χ2v) is 8.52. The summed E-state index contributed by atoms with van der Waals surface area (Å²) in [5.41, 5.74) is 2.93. The number of nitrogens with zero attached hydrogens (tertiary/aromatic N) is 3. The molecule has 0 bridgehead atoms. The molecule has 1 aromatic heterocycles. The Balaban J connectivity index is 2.00. The van der Waals surface area contributed by atoms with E-state index >= 15 is 0 Å². The first-order chi connectivity index (χ1) is 16.0. The van der Waals surface area contributed by atoms with Gasteiger partial charge in [0.2, 0.25) is 5.43 Å². The summed E-state index contributed by atoms with van der Waals surface area (Å²) in [5.74, 6) is -0.876. The topological polar surface area (TPSA) is 65.8 Å². The summed E-state index contributed by atoms with van der Waals surface area (Å²) in [6, 6.07) is 19.7. The highest BCUT2D eigenvalue weighted by Crippen LogP contribution is 2.36. The van der Waals surface area contributed by atoms with E-state index in [-0.39, 0.29) is 23.8 Å².